The van der Waals surface area contributed by atoms with Gasteiger partial charge >= 0.3 is 0 Å². The Morgan fingerprint density at radius 3 is 2.68 bits per heavy atom. The van der Waals surface area contributed by atoms with E-state index in [-0.39, 0.29) is 17.7 Å². The first kappa shape index (κ1) is 17.9. The average molecular weight is 345 g/mol. The van der Waals surface area contributed by atoms with Crippen LogP contribution in [0.1, 0.15) is 36.0 Å². The minimum Gasteiger partial charge on any atom is -0.381 e. The molecule has 2 saturated heterocycles. The Morgan fingerprint density at radius 2 is 1.96 bits per heavy atom. The molecule has 2 heterocycles. The van der Waals surface area contributed by atoms with Crippen LogP contribution in [0.25, 0.3) is 0 Å². The van der Waals surface area contributed by atoms with Crippen LogP contribution in [0.15, 0.2) is 30.3 Å². The van der Waals surface area contributed by atoms with Crippen LogP contribution < -0.4 is 11.1 Å². The Kier molecular flexibility index (Phi) is 5.71. The number of hydrogen-bond acceptors (Lipinski definition) is 4. The van der Waals surface area contributed by atoms with Crippen molar-refractivity contribution in [3.05, 3.63) is 35.9 Å². The molecule has 2 aliphatic heterocycles. The predicted octanol–water partition coefficient (Wildman–Crippen LogP) is 1.16. The van der Waals surface area contributed by atoms with Gasteiger partial charge in [0, 0.05) is 38.4 Å². The molecule has 0 aromatic heterocycles. The molecule has 2 fully saturated rings. The number of likely N-dealkylation sites (tertiary alicyclic amines) is 1. The van der Waals surface area contributed by atoms with Crippen molar-refractivity contribution in [2.75, 3.05) is 32.8 Å². The average Bonchev–Trinajstić information content (AvgIpc) is 2.67. The molecule has 1 aromatic carbocycles. The SMILES string of the molecule is NC1(C(=O)N2CCCC(CNC(=O)c3ccccc3)C2)CCOCC1. The fourth-order valence-electron chi connectivity index (χ4n) is 3.61. The number of nitrogens with two attached hydrogens (primary N) is 1. The molecule has 6 nitrogen and oxygen atoms in total. The Balaban J connectivity index is 1.52. The van der Waals surface area contributed by atoms with Crippen LogP contribution in [0.4, 0.5) is 0 Å². The van der Waals surface area contributed by atoms with E-state index in [4.69, 9.17) is 10.5 Å². The van der Waals surface area contributed by atoms with Gasteiger partial charge in [-0.3, -0.25) is 9.59 Å². The molecule has 1 unspecified atom stereocenters. The van der Waals surface area contributed by atoms with Gasteiger partial charge in [-0.15, -0.1) is 0 Å². The quantitative estimate of drug-likeness (QED) is 0.858. The highest BCUT2D eigenvalue weighted by Gasteiger charge is 2.40. The van der Waals surface area contributed by atoms with Gasteiger partial charge in [0.25, 0.3) is 5.91 Å². The summed E-state index contributed by atoms with van der Waals surface area (Å²) in [7, 11) is 0. The van der Waals surface area contributed by atoms with Crippen molar-refractivity contribution in [2.45, 2.75) is 31.2 Å². The zero-order valence-electron chi connectivity index (χ0n) is 14.6. The maximum atomic E-state index is 12.8. The van der Waals surface area contributed by atoms with E-state index in [2.05, 4.69) is 5.32 Å². The standard InChI is InChI=1S/C19H27N3O3/c20-19(8-11-25-12-9-19)18(24)22-10-4-5-15(14-22)13-21-17(23)16-6-2-1-3-7-16/h1-3,6-7,15H,4-5,8-14,20H2,(H,21,23). The van der Waals surface area contributed by atoms with E-state index in [0.29, 0.717) is 44.7 Å². The highest BCUT2D eigenvalue weighted by Crippen LogP contribution is 2.24. The van der Waals surface area contributed by atoms with Crippen LogP contribution in [0.3, 0.4) is 0 Å². The molecule has 0 spiro atoms. The molecule has 136 valence electrons. The van der Waals surface area contributed by atoms with Crippen molar-refractivity contribution >= 4 is 11.8 Å². The topological polar surface area (TPSA) is 84.7 Å². The molecular weight excluding hydrogens is 318 g/mol. The number of benzene rings is 1. The number of hydrogen-bond donors (Lipinski definition) is 2. The van der Waals surface area contributed by atoms with Crippen LogP contribution in [0.5, 0.6) is 0 Å². The van der Waals surface area contributed by atoms with E-state index in [0.717, 1.165) is 19.4 Å². The van der Waals surface area contributed by atoms with Gasteiger partial charge in [0.05, 0.1) is 5.54 Å². The lowest BCUT2D eigenvalue weighted by molar-refractivity contribution is -0.142. The van der Waals surface area contributed by atoms with E-state index in [9.17, 15) is 9.59 Å². The summed E-state index contributed by atoms with van der Waals surface area (Å²) in [5, 5.41) is 2.99. The highest BCUT2D eigenvalue weighted by molar-refractivity contribution is 5.94. The first-order valence-electron chi connectivity index (χ1n) is 9.08. The number of nitrogens with zero attached hydrogens (tertiary/aromatic N) is 1. The van der Waals surface area contributed by atoms with Crippen LogP contribution in [-0.2, 0) is 9.53 Å². The Hall–Kier alpha value is -1.92. The third kappa shape index (κ3) is 4.38. The minimum absolute atomic E-state index is 0.0369. The van der Waals surface area contributed by atoms with Crippen molar-refractivity contribution < 1.29 is 14.3 Å². The van der Waals surface area contributed by atoms with E-state index in [1.807, 2.05) is 23.1 Å². The largest absolute Gasteiger partial charge is 0.381 e. The first-order chi connectivity index (χ1) is 12.1. The molecule has 6 heteroatoms. The minimum atomic E-state index is -0.784. The van der Waals surface area contributed by atoms with E-state index in [1.54, 1.807) is 12.1 Å². The van der Waals surface area contributed by atoms with Crippen molar-refractivity contribution in [2.24, 2.45) is 11.7 Å². The second-order valence-corrected chi connectivity index (χ2v) is 7.10. The van der Waals surface area contributed by atoms with Gasteiger partial charge in [-0.2, -0.15) is 0 Å². The maximum absolute atomic E-state index is 12.8. The Labute approximate surface area is 148 Å². The molecule has 0 saturated carbocycles. The van der Waals surface area contributed by atoms with Gasteiger partial charge < -0.3 is 20.7 Å². The number of rotatable bonds is 4. The smallest absolute Gasteiger partial charge is 0.251 e. The van der Waals surface area contributed by atoms with Crippen molar-refractivity contribution in [3.8, 4) is 0 Å². The maximum Gasteiger partial charge on any atom is 0.251 e. The molecule has 2 amide bonds. The van der Waals surface area contributed by atoms with Crippen LogP contribution in [-0.4, -0.2) is 55.1 Å². The predicted molar refractivity (Wildman–Crippen MR) is 95.1 cm³/mol. The third-order valence-corrected chi connectivity index (χ3v) is 5.20. The van der Waals surface area contributed by atoms with Gasteiger partial charge in [-0.25, -0.2) is 0 Å². The molecule has 2 aliphatic rings. The molecule has 0 aliphatic carbocycles. The Bertz CT molecular complexity index is 599. The summed E-state index contributed by atoms with van der Waals surface area (Å²) in [6.45, 7) is 3.09. The zero-order valence-corrected chi connectivity index (χ0v) is 14.6. The van der Waals surface area contributed by atoms with Gasteiger partial charge in [0.1, 0.15) is 0 Å². The van der Waals surface area contributed by atoms with Gasteiger partial charge in [0.2, 0.25) is 5.91 Å². The lowest BCUT2D eigenvalue weighted by atomic mass is 9.88. The molecule has 1 atom stereocenters. The summed E-state index contributed by atoms with van der Waals surface area (Å²) < 4.78 is 5.33. The molecule has 1 aromatic rings. The normalized spacial score (nSPS) is 23.1. The lowest BCUT2D eigenvalue weighted by Crippen LogP contribution is -2.59. The second kappa shape index (κ2) is 7.97. The lowest BCUT2D eigenvalue weighted by Gasteiger charge is -2.40. The van der Waals surface area contributed by atoms with E-state index < -0.39 is 5.54 Å². The number of amides is 2. The number of carbonyl (C=O) groups is 2. The number of nitrogens with one attached hydrogen (secondary N) is 1. The number of carbonyl (C=O) groups excluding carboxylic acids is 2. The van der Waals surface area contributed by atoms with E-state index in [1.165, 1.54) is 0 Å². The van der Waals surface area contributed by atoms with Crippen molar-refractivity contribution in [1.29, 1.82) is 0 Å². The fraction of sp³-hybridized carbons (Fsp3) is 0.579. The van der Waals surface area contributed by atoms with Crippen LogP contribution in [0.2, 0.25) is 0 Å². The molecule has 3 N–H and O–H groups in total. The monoisotopic (exact) mass is 345 g/mol. The zero-order chi connectivity index (χ0) is 17.7. The summed E-state index contributed by atoms with van der Waals surface area (Å²) in [6.07, 6.45) is 3.12. The molecular formula is C19H27N3O3. The third-order valence-electron chi connectivity index (χ3n) is 5.20. The summed E-state index contributed by atoms with van der Waals surface area (Å²) in [5.41, 5.74) is 6.21. The van der Waals surface area contributed by atoms with Crippen LogP contribution in [0, 0.1) is 5.92 Å². The summed E-state index contributed by atoms with van der Waals surface area (Å²) in [5.74, 6) is 0.243. The van der Waals surface area contributed by atoms with Gasteiger partial charge in [-0.1, -0.05) is 18.2 Å². The number of piperidine rings is 1. The van der Waals surface area contributed by atoms with Crippen molar-refractivity contribution in [3.63, 3.8) is 0 Å². The van der Waals surface area contributed by atoms with Crippen LogP contribution >= 0.6 is 0 Å². The Morgan fingerprint density at radius 1 is 1.24 bits per heavy atom. The molecule has 0 radical (unpaired) electrons. The van der Waals surface area contributed by atoms with Crippen molar-refractivity contribution in [1.82, 2.24) is 10.2 Å². The summed E-state index contributed by atoms with van der Waals surface area (Å²) >= 11 is 0. The highest BCUT2D eigenvalue weighted by atomic mass is 16.5. The van der Waals surface area contributed by atoms with Gasteiger partial charge in [0.15, 0.2) is 0 Å². The van der Waals surface area contributed by atoms with Gasteiger partial charge in [-0.05, 0) is 43.7 Å². The molecule has 25 heavy (non-hydrogen) atoms. The van der Waals surface area contributed by atoms with E-state index >= 15 is 0 Å². The summed E-state index contributed by atoms with van der Waals surface area (Å²) in [6, 6.07) is 9.19. The summed E-state index contributed by atoms with van der Waals surface area (Å²) in [4.78, 5) is 26.9. The second-order valence-electron chi connectivity index (χ2n) is 7.10. The fourth-order valence-corrected chi connectivity index (χ4v) is 3.61. The first-order valence-corrected chi connectivity index (χ1v) is 9.08. The molecule has 3 rings (SSSR count). The number of ether oxygens (including phenoxy) is 1. The molecule has 0 bridgehead atoms.